The molecule has 0 heterocycles. The standard InChI is InChI=1S/C13H26/c1-9(2)10(3)11(4)12(5)13-7-6-8-13/h9-13H,6-8H2,1-5H3. The molecule has 0 nitrogen and oxygen atoms in total. The molecule has 3 atom stereocenters. The third-order valence-electron chi connectivity index (χ3n) is 4.60. The smallest absolute Gasteiger partial charge is 0.0386 e. The molecule has 1 fully saturated rings. The molecule has 1 saturated carbocycles. The van der Waals surface area contributed by atoms with Gasteiger partial charge in [0.1, 0.15) is 0 Å². The number of hydrogen-bond acceptors (Lipinski definition) is 0. The van der Waals surface area contributed by atoms with E-state index in [1.54, 1.807) is 0 Å². The van der Waals surface area contributed by atoms with Gasteiger partial charge in [0, 0.05) is 0 Å². The van der Waals surface area contributed by atoms with Crippen molar-refractivity contribution in [1.29, 1.82) is 0 Å². The molecule has 0 amide bonds. The zero-order valence-electron chi connectivity index (χ0n) is 10.0. The molecular formula is C13H26. The van der Waals surface area contributed by atoms with Crippen LogP contribution >= 0.6 is 0 Å². The molecule has 3 unspecified atom stereocenters. The molecule has 0 heteroatoms. The lowest BCUT2D eigenvalue weighted by molar-refractivity contribution is 0.117. The summed E-state index contributed by atoms with van der Waals surface area (Å²) in [4.78, 5) is 0. The second-order valence-corrected chi connectivity index (χ2v) is 5.51. The first-order valence-corrected chi connectivity index (χ1v) is 6.04. The van der Waals surface area contributed by atoms with Gasteiger partial charge in [-0.05, 0) is 29.6 Å². The molecule has 0 aromatic carbocycles. The fourth-order valence-corrected chi connectivity index (χ4v) is 2.48. The van der Waals surface area contributed by atoms with Crippen LogP contribution in [0.5, 0.6) is 0 Å². The summed E-state index contributed by atoms with van der Waals surface area (Å²) in [5, 5.41) is 0. The van der Waals surface area contributed by atoms with Crippen LogP contribution in [0.25, 0.3) is 0 Å². The van der Waals surface area contributed by atoms with E-state index in [1.807, 2.05) is 0 Å². The maximum absolute atomic E-state index is 2.47. The van der Waals surface area contributed by atoms with Crippen LogP contribution in [0.15, 0.2) is 0 Å². The number of hydrogen-bond donors (Lipinski definition) is 0. The molecule has 1 aliphatic rings. The average molecular weight is 182 g/mol. The predicted octanol–water partition coefficient (Wildman–Crippen LogP) is 4.35. The fourth-order valence-electron chi connectivity index (χ4n) is 2.48. The van der Waals surface area contributed by atoms with E-state index in [4.69, 9.17) is 0 Å². The predicted molar refractivity (Wildman–Crippen MR) is 59.7 cm³/mol. The van der Waals surface area contributed by atoms with Gasteiger partial charge in [-0.2, -0.15) is 0 Å². The summed E-state index contributed by atoms with van der Waals surface area (Å²) >= 11 is 0. The van der Waals surface area contributed by atoms with Crippen LogP contribution in [0.3, 0.4) is 0 Å². The third kappa shape index (κ3) is 2.48. The van der Waals surface area contributed by atoms with Gasteiger partial charge in [0.25, 0.3) is 0 Å². The maximum atomic E-state index is 2.47. The van der Waals surface area contributed by atoms with Crippen molar-refractivity contribution in [2.45, 2.75) is 53.9 Å². The second kappa shape index (κ2) is 4.48. The summed E-state index contributed by atoms with van der Waals surface area (Å²) in [6.45, 7) is 12.1. The molecule has 0 aliphatic heterocycles. The second-order valence-electron chi connectivity index (χ2n) is 5.51. The third-order valence-corrected chi connectivity index (χ3v) is 4.60. The minimum atomic E-state index is 0.845. The largest absolute Gasteiger partial charge is 0.0625 e. The summed E-state index contributed by atoms with van der Waals surface area (Å²) in [6.07, 6.45) is 4.48. The number of rotatable bonds is 4. The molecule has 0 radical (unpaired) electrons. The zero-order valence-corrected chi connectivity index (χ0v) is 10.0. The van der Waals surface area contributed by atoms with Crippen LogP contribution in [-0.2, 0) is 0 Å². The van der Waals surface area contributed by atoms with Crippen LogP contribution < -0.4 is 0 Å². The first kappa shape index (κ1) is 11.1. The Bertz CT molecular complexity index is 144. The summed E-state index contributed by atoms with van der Waals surface area (Å²) in [6, 6.07) is 0. The molecule has 13 heavy (non-hydrogen) atoms. The van der Waals surface area contributed by atoms with Gasteiger partial charge in [0.15, 0.2) is 0 Å². The van der Waals surface area contributed by atoms with Gasteiger partial charge in [-0.15, -0.1) is 0 Å². The van der Waals surface area contributed by atoms with E-state index >= 15 is 0 Å². The van der Waals surface area contributed by atoms with E-state index in [0.29, 0.717) is 0 Å². The normalized spacial score (nSPS) is 25.4. The Balaban J connectivity index is 2.40. The zero-order chi connectivity index (χ0) is 10.0. The van der Waals surface area contributed by atoms with Gasteiger partial charge >= 0.3 is 0 Å². The first-order valence-electron chi connectivity index (χ1n) is 6.04. The Morgan fingerprint density at radius 2 is 1.38 bits per heavy atom. The molecule has 0 N–H and O–H groups in total. The average Bonchev–Trinajstić information content (AvgIpc) is 1.98. The lowest BCUT2D eigenvalue weighted by Gasteiger charge is -2.38. The lowest BCUT2D eigenvalue weighted by Crippen LogP contribution is -2.29. The highest BCUT2D eigenvalue weighted by molar-refractivity contribution is 4.80. The minimum absolute atomic E-state index is 0.845. The van der Waals surface area contributed by atoms with Gasteiger partial charge in [-0.3, -0.25) is 0 Å². The quantitative estimate of drug-likeness (QED) is 0.606. The van der Waals surface area contributed by atoms with E-state index in [2.05, 4.69) is 34.6 Å². The van der Waals surface area contributed by atoms with Crippen LogP contribution in [0.1, 0.15) is 53.9 Å². The van der Waals surface area contributed by atoms with Gasteiger partial charge in [-0.25, -0.2) is 0 Å². The molecule has 1 aliphatic carbocycles. The molecule has 1 rings (SSSR count). The first-order chi connectivity index (χ1) is 6.04. The van der Waals surface area contributed by atoms with E-state index in [-0.39, 0.29) is 0 Å². The molecule has 0 aromatic heterocycles. The van der Waals surface area contributed by atoms with Crippen molar-refractivity contribution in [1.82, 2.24) is 0 Å². The Kier molecular flexibility index (Phi) is 3.82. The van der Waals surface area contributed by atoms with Crippen LogP contribution in [-0.4, -0.2) is 0 Å². The van der Waals surface area contributed by atoms with E-state index in [1.165, 1.54) is 19.3 Å². The van der Waals surface area contributed by atoms with Crippen molar-refractivity contribution < 1.29 is 0 Å². The van der Waals surface area contributed by atoms with E-state index in [9.17, 15) is 0 Å². The van der Waals surface area contributed by atoms with Crippen LogP contribution in [0.4, 0.5) is 0 Å². The van der Waals surface area contributed by atoms with Crippen molar-refractivity contribution in [3.63, 3.8) is 0 Å². The molecule has 0 spiro atoms. The Morgan fingerprint density at radius 3 is 1.69 bits per heavy atom. The van der Waals surface area contributed by atoms with Gasteiger partial charge < -0.3 is 0 Å². The topological polar surface area (TPSA) is 0 Å². The highest BCUT2D eigenvalue weighted by atomic mass is 14.4. The Labute approximate surface area is 84.1 Å². The lowest BCUT2D eigenvalue weighted by atomic mass is 9.67. The molecule has 0 saturated heterocycles. The molecular weight excluding hydrogens is 156 g/mol. The summed E-state index contributed by atoms with van der Waals surface area (Å²) in [5.74, 6) is 4.64. The monoisotopic (exact) mass is 182 g/mol. The maximum Gasteiger partial charge on any atom is -0.0386 e. The minimum Gasteiger partial charge on any atom is -0.0625 e. The van der Waals surface area contributed by atoms with Crippen LogP contribution in [0, 0.1) is 29.6 Å². The van der Waals surface area contributed by atoms with E-state index < -0.39 is 0 Å². The highest BCUT2D eigenvalue weighted by Crippen LogP contribution is 2.40. The molecule has 78 valence electrons. The summed E-state index contributed by atoms with van der Waals surface area (Å²) in [7, 11) is 0. The van der Waals surface area contributed by atoms with Gasteiger partial charge in [0.2, 0.25) is 0 Å². The Hall–Kier alpha value is 0. The van der Waals surface area contributed by atoms with Crippen molar-refractivity contribution in [3.05, 3.63) is 0 Å². The fraction of sp³-hybridized carbons (Fsp3) is 1.00. The highest BCUT2D eigenvalue weighted by Gasteiger charge is 2.30. The van der Waals surface area contributed by atoms with E-state index in [0.717, 1.165) is 29.6 Å². The van der Waals surface area contributed by atoms with Crippen LogP contribution in [0.2, 0.25) is 0 Å². The van der Waals surface area contributed by atoms with Crippen molar-refractivity contribution in [2.24, 2.45) is 29.6 Å². The van der Waals surface area contributed by atoms with Crippen molar-refractivity contribution in [2.75, 3.05) is 0 Å². The molecule has 0 aromatic rings. The van der Waals surface area contributed by atoms with Crippen molar-refractivity contribution >= 4 is 0 Å². The van der Waals surface area contributed by atoms with Gasteiger partial charge in [0.05, 0.1) is 0 Å². The summed E-state index contributed by atoms with van der Waals surface area (Å²) < 4.78 is 0. The van der Waals surface area contributed by atoms with Gasteiger partial charge in [-0.1, -0.05) is 53.9 Å². The molecule has 0 bridgehead atoms. The Morgan fingerprint density at radius 1 is 0.846 bits per heavy atom. The summed E-state index contributed by atoms with van der Waals surface area (Å²) in [5.41, 5.74) is 0. The van der Waals surface area contributed by atoms with Crippen molar-refractivity contribution in [3.8, 4) is 0 Å². The SMILES string of the molecule is CC(C)C(C)C(C)C(C)C1CCC1.